The number of hydrogen-bond donors (Lipinski definition) is 0. The van der Waals surface area contributed by atoms with Crippen LogP contribution < -0.4 is 0 Å². The second-order valence-corrected chi connectivity index (χ2v) is 4.22. The van der Waals surface area contributed by atoms with Gasteiger partial charge in [-0.05, 0) is 24.1 Å². The van der Waals surface area contributed by atoms with Crippen LogP contribution >= 0.6 is 0 Å². The summed E-state index contributed by atoms with van der Waals surface area (Å²) in [5, 5.41) is 4.12. The van der Waals surface area contributed by atoms with Crippen LogP contribution in [-0.4, -0.2) is 15.6 Å². The van der Waals surface area contributed by atoms with Crippen LogP contribution in [0.2, 0.25) is 0 Å². The topological polar surface area (TPSA) is 34.9 Å². The third kappa shape index (κ3) is 3.03. The largest absolute Gasteiger partial charge is 0.294 e. The third-order valence-corrected chi connectivity index (χ3v) is 2.69. The summed E-state index contributed by atoms with van der Waals surface area (Å²) in [6, 6.07) is 5.99. The van der Waals surface area contributed by atoms with E-state index in [4.69, 9.17) is 0 Å². The van der Waals surface area contributed by atoms with Crippen LogP contribution in [0.3, 0.4) is 0 Å². The summed E-state index contributed by atoms with van der Waals surface area (Å²) < 4.78 is 14.5. The zero-order valence-corrected chi connectivity index (χ0v) is 10.3. The molecule has 0 aliphatic heterocycles. The Labute approximate surface area is 105 Å². The highest BCUT2D eigenvalue weighted by atomic mass is 19.1. The van der Waals surface area contributed by atoms with Gasteiger partial charge in [0.15, 0.2) is 5.78 Å². The number of carbonyl (C=O) groups is 1. The van der Waals surface area contributed by atoms with E-state index in [0.29, 0.717) is 5.56 Å². The number of Topliss-reactive ketones (excluding diaryl/α,β-unsaturated/α-hetero) is 1. The number of halogens is 1. The van der Waals surface area contributed by atoms with Gasteiger partial charge >= 0.3 is 0 Å². The number of benzene rings is 1. The first-order valence-corrected chi connectivity index (χ1v) is 5.99. The maximum absolute atomic E-state index is 12.7. The molecular weight excluding hydrogens is 231 g/mol. The minimum absolute atomic E-state index is 0.00367. The fourth-order valence-corrected chi connectivity index (χ4v) is 1.75. The van der Waals surface area contributed by atoms with Crippen molar-refractivity contribution in [3.63, 3.8) is 0 Å². The molecule has 0 N–H and O–H groups in total. The molecule has 94 valence electrons. The Morgan fingerprint density at radius 1 is 1.33 bits per heavy atom. The normalized spacial score (nSPS) is 10.6. The Balaban J connectivity index is 2.04. The highest BCUT2D eigenvalue weighted by molar-refractivity contribution is 5.97. The molecule has 2 rings (SSSR count). The number of ketones is 1. The van der Waals surface area contributed by atoms with Gasteiger partial charge in [0.05, 0.1) is 11.8 Å². The van der Waals surface area contributed by atoms with E-state index in [2.05, 4.69) is 12.0 Å². The smallest absolute Gasteiger partial charge is 0.170 e. The van der Waals surface area contributed by atoms with Gasteiger partial charge in [-0.3, -0.25) is 9.48 Å². The number of aryl methyl sites for hydroxylation is 1. The Bertz CT molecular complexity index is 531. The quantitative estimate of drug-likeness (QED) is 0.760. The molecule has 0 fully saturated rings. The molecule has 0 aliphatic carbocycles. The molecule has 0 atom stereocenters. The van der Waals surface area contributed by atoms with E-state index in [9.17, 15) is 9.18 Å². The fourth-order valence-electron chi connectivity index (χ4n) is 1.75. The zero-order chi connectivity index (χ0) is 13.0. The van der Waals surface area contributed by atoms with Gasteiger partial charge in [0, 0.05) is 19.2 Å². The average Bonchev–Trinajstić information content (AvgIpc) is 2.81. The third-order valence-electron chi connectivity index (χ3n) is 2.69. The summed E-state index contributed by atoms with van der Waals surface area (Å²) in [5.41, 5.74) is 1.41. The van der Waals surface area contributed by atoms with Gasteiger partial charge in [-0.15, -0.1) is 0 Å². The fraction of sp³-hybridized carbons (Fsp3) is 0.286. The first-order chi connectivity index (χ1) is 8.69. The highest BCUT2D eigenvalue weighted by Gasteiger charge is 2.09. The number of nitrogens with zero attached hydrogens (tertiary/aromatic N) is 2. The van der Waals surface area contributed by atoms with Crippen molar-refractivity contribution in [3.8, 4) is 0 Å². The first kappa shape index (κ1) is 12.5. The number of hydrogen-bond acceptors (Lipinski definition) is 2. The van der Waals surface area contributed by atoms with Crippen LogP contribution in [0.4, 0.5) is 4.39 Å². The maximum Gasteiger partial charge on any atom is 0.170 e. The molecule has 0 saturated carbocycles. The van der Waals surface area contributed by atoms with E-state index < -0.39 is 0 Å². The van der Waals surface area contributed by atoms with E-state index in [-0.39, 0.29) is 18.0 Å². The Hall–Kier alpha value is -1.97. The second-order valence-electron chi connectivity index (χ2n) is 4.22. The van der Waals surface area contributed by atoms with Gasteiger partial charge in [-0.2, -0.15) is 5.10 Å². The van der Waals surface area contributed by atoms with Crippen molar-refractivity contribution in [1.82, 2.24) is 9.78 Å². The Morgan fingerprint density at radius 3 is 2.72 bits per heavy atom. The van der Waals surface area contributed by atoms with Crippen LogP contribution in [0.1, 0.15) is 29.3 Å². The summed E-state index contributed by atoms with van der Waals surface area (Å²) in [7, 11) is 0. The molecule has 0 bridgehead atoms. The molecule has 0 saturated heterocycles. The summed E-state index contributed by atoms with van der Waals surface area (Å²) in [6.07, 6.45) is 4.60. The van der Waals surface area contributed by atoms with E-state index in [0.717, 1.165) is 18.5 Å². The van der Waals surface area contributed by atoms with Crippen LogP contribution in [0.5, 0.6) is 0 Å². The van der Waals surface area contributed by atoms with Crippen molar-refractivity contribution in [2.45, 2.75) is 26.3 Å². The van der Waals surface area contributed by atoms with Crippen molar-refractivity contribution in [2.75, 3.05) is 0 Å². The molecule has 2 aromatic rings. The summed E-state index contributed by atoms with van der Waals surface area (Å²) >= 11 is 0. The molecule has 4 heteroatoms. The van der Waals surface area contributed by atoms with Crippen LogP contribution in [0.15, 0.2) is 36.7 Å². The van der Waals surface area contributed by atoms with Gasteiger partial charge in [-0.25, -0.2) is 4.39 Å². The summed E-state index contributed by atoms with van der Waals surface area (Å²) in [5.74, 6) is -0.286. The molecule has 0 amide bonds. The predicted octanol–water partition coefficient (Wildman–Crippen LogP) is 2.86. The lowest BCUT2D eigenvalue weighted by Gasteiger charge is -1.99. The number of carbonyl (C=O) groups excluding carboxylic acids is 1. The van der Waals surface area contributed by atoms with Gasteiger partial charge in [-0.1, -0.05) is 19.1 Å². The lowest BCUT2D eigenvalue weighted by atomic mass is 10.1. The van der Waals surface area contributed by atoms with Gasteiger partial charge < -0.3 is 0 Å². The van der Waals surface area contributed by atoms with Gasteiger partial charge in [0.2, 0.25) is 0 Å². The standard InChI is InChI=1S/C14H15FN2O/c1-2-7-17-10-12(9-16-17)14(18)8-11-3-5-13(15)6-4-11/h3-6,9-10H,2,7-8H2,1H3. The second kappa shape index (κ2) is 5.58. The average molecular weight is 246 g/mol. The molecule has 0 radical (unpaired) electrons. The van der Waals surface area contributed by atoms with Crippen molar-refractivity contribution in [2.24, 2.45) is 0 Å². The number of rotatable bonds is 5. The summed E-state index contributed by atoms with van der Waals surface area (Å²) in [6.45, 7) is 2.87. The van der Waals surface area contributed by atoms with Crippen molar-refractivity contribution in [3.05, 3.63) is 53.6 Å². The van der Waals surface area contributed by atoms with E-state index in [1.165, 1.54) is 12.1 Å². The lowest BCUT2D eigenvalue weighted by molar-refractivity contribution is 0.0993. The molecule has 0 aliphatic rings. The molecule has 1 aromatic heterocycles. The molecule has 1 aromatic carbocycles. The molecule has 0 unspecified atom stereocenters. The van der Waals surface area contributed by atoms with Gasteiger partial charge in [0.25, 0.3) is 0 Å². The first-order valence-electron chi connectivity index (χ1n) is 5.99. The van der Waals surface area contributed by atoms with Crippen molar-refractivity contribution < 1.29 is 9.18 Å². The van der Waals surface area contributed by atoms with Crippen LogP contribution in [-0.2, 0) is 13.0 Å². The molecule has 18 heavy (non-hydrogen) atoms. The van der Waals surface area contributed by atoms with E-state index in [1.54, 1.807) is 29.2 Å². The molecule has 0 spiro atoms. The van der Waals surface area contributed by atoms with E-state index >= 15 is 0 Å². The van der Waals surface area contributed by atoms with Crippen molar-refractivity contribution in [1.29, 1.82) is 0 Å². The maximum atomic E-state index is 12.7. The minimum atomic E-state index is -0.290. The molecule has 3 nitrogen and oxygen atoms in total. The predicted molar refractivity (Wildman–Crippen MR) is 67.0 cm³/mol. The summed E-state index contributed by atoms with van der Waals surface area (Å²) in [4.78, 5) is 12.0. The Morgan fingerprint density at radius 2 is 2.06 bits per heavy atom. The minimum Gasteiger partial charge on any atom is -0.294 e. The van der Waals surface area contributed by atoms with Crippen molar-refractivity contribution >= 4 is 5.78 Å². The zero-order valence-electron chi connectivity index (χ0n) is 10.3. The van der Waals surface area contributed by atoms with Crippen LogP contribution in [0, 0.1) is 5.82 Å². The highest BCUT2D eigenvalue weighted by Crippen LogP contribution is 2.08. The van der Waals surface area contributed by atoms with E-state index in [1.807, 2.05) is 0 Å². The van der Waals surface area contributed by atoms with Gasteiger partial charge in [0.1, 0.15) is 5.82 Å². The number of aromatic nitrogens is 2. The lowest BCUT2D eigenvalue weighted by Crippen LogP contribution is -2.02. The molecule has 1 heterocycles. The molecular formula is C14H15FN2O. The SMILES string of the molecule is CCCn1cc(C(=O)Cc2ccc(F)cc2)cn1. The monoisotopic (exact) mass is 246 g/mol. The Kier molecular flexibility index (Phi) is 3.87. The van der Waals surface area contributed by atoms with Crippen LogP contribution in [0.25, 0.3) is 0 Å².